The van der Waals surface area contributed by atoms with Crippen LogP contribution in [0.3, 0.4) is 0 Å². The fourth-order valence-corrected chi connectivity index (χ4v) is 3.92. The minimum absolute atomic E-state index is 0.476. The van der Waals surface area contributed by atoms with Gasteiger partial charge in [-0.15, -0.1) is 0 Å². The molecule has 4 rings (SSSR count). The van der Waals surface area contributed by atoms with Crippen LogP contribution < -0.4 is 0 Å². The second-order valence-corrected chi connectivity index (χ2v) is 7.18. The summed E-state index contributed by atoms with van der Waals surface area (Å²) in [5.41, 5.74) is 5.28. The molecular formula is C24H26N2. The van der Waals surface area contributed by atoms with Crippen molar-refractivity contribution < 1.29 is 0 Å². The Balaban J connectivity index is 1.39. The zero-order valence-electron chi connectivity index (χ0n) is 15.2. The Hall–Kier alpha value is -2.45. The third-order valence-corrected chi connectivity index (χ3v) is 5.33. The van der Waals surface area contributed by atoms with Crippen molar-refractivity contribution in [2.75, 3.05) is 13.1 Å². The molecule has 1 saturated heterocycles. The summed E-state index contributed by atoms with van der Waals surface area (Å²) in [6.07, 6.45) is 6.63. The molecule has 2 nitrogen and oxygen atoms in total. The molecule has 0 saturated carbocycles. The minimum Gasteiger partial charge on any atom is -0.294 e. The van der Waals surface area contributed by atoms with Crippen LogP contribution >= 0.6 is 0 Å². The van der Waals surface area contributed by atoms with Crippen LogP contribution in [0.25, 0.3) is 0 Å². The van der Waals surface area contributed by atoms with Crippen LogP contribution in [0, 0.1) is 0 Å². The molecule has 0 radical (unpaired) electrons. The standard InChI is InChI=1S/C24H26N2/c1-3-8-20(9-4-1)15-17-26-16-7-12-24(26)23-14-13-22(19-25-23)18-21-10-5-2-6-11-21/h1-6,8-11,13-14,19,24H,7,12,15-18H2/t24-/m0/s1. The lowest BCUT2D eigenvalue weighted by atomic mass is 10.0. The highest BCUT2D eigenvalue weighted by atomic mass is 15.2. The van der Waals surface area contributed by atoms with Crippen LogP contribution in [0.1, 0.15) is 41.3 Å². The van der Waals surface area contributed by atoms with Gasteiger partial charge in [-0.1, -0.05) is 66.7 Å². The number of pyridine rings is 1. The van der Waals surface area contributed by atoms with E-state index in [-0.39, 0.29) is 0 Å². The first-order chi connectivity index (χ1) is 12.9. The average Bonchev–Trinajstić information content (AvgIpc) is 3.17. The van der Waals surface area contributed by atoms with Crippen LogP contribution in [-0.2, 0) is 12.8 Å². The van der Waals surface area contributed by atoms with Crippen LogP contribution in [-0.4, -0.2) is 23.0 Å². The van der Waals surface area contributed by atoms with E-state index in [0.717, 1.165) is 19.4 Å². The molecule has 2 heteroatoms. The third-order valence-electron chi connectivity index (χ3n) is 5.33. The number of likely N-dealkylation sites (tertiary alicyclic amines) is 1. The molecule has 1 aliphatic heterocycles. The van der Waals surface area contributed by atoms with E-state index in [9.17, 15) is 0 Å². The molecular weight excluding hydrogens is 316 g/mol. The molecule has 0 bridgehead atoms. The molecule has 0 amide bonds. The van der Waals surface area contributed by atoms with Crippen molar-refractivity contribution in [1.29, 1.82) is 0 Å². The first kappa shape index (κ1) is 17.0. The van der Waals surface area contributed by atoms with Gasteiger partial charge in [0.15, 0.2) is 0 Å². The average molecular weight is 342 g/mol. The Morgan fingerprint density at radius 3 is 2.23 bits per heavy atom. The van der Waals surface area contributed by atoms with Crippen molar-refractivity contribution in [1.82, 2.24) is 9.88 Å². The number of hydrogen-bond acceptors (Lipinski definition) is 2. The van der Waals surface area contributed by atoms with Crippen molar-refractivity contribution in [3.8, 4) is 0 Å². The number of hydrogen-bond donors (Lipinski definition) is 0. The molecule has 3 aromatic rings. The summed E-state index contributed by atoms with van der Waals surface area (Å²) >= 11 is 0. The number of rotatable bonds is 6. The number of nitrogens with zero attached hydrogens (tertiary/aromatic N) is 2. The van der Waals surface area contributed by atoms with Gasteiger partial charge in [0.05, 0.1) is 11.7 Å². The van der Waals surface area contributed by atoms with Crippen molar-refractivity contribution in [2.45, 2.75) is 31.7 Å². The molecule has 1 aromatic heterocycles. The number of benzene rings is 2. The molecule has 1 fully saturated rings. The zero-order chi connectivity index (χ0) is 17.6. The van der Waals surface area contributed by atoms with Crippen molar-refractivity contribution in [3.05, 3.63) is 101 Å². The van der Waals surface area contributed by atoms with Crippen molar-refractivity contribution in [2.24, 2.45) is 0 Å². The monoisotopic (exact) mass is 342 g/mol. The lowest BCUT2D eigenvalue weighted by Gasteiger charge is -2.24. The minimum atomic E-state index is 0.476. The largest absolute Gasteiger partial charge is 0.294 e. The lowest BCUT2D eigenvalue weighted by Crippen LogP contribution is -2.26. The van der Waals surface area contributed by atoms with E-state index in [1.165, 1.54) is 41.8 Å². The predicted octanol–water partition coefficient (Wildman–Crippen LogP) is 5.05. The first-order valence-electron chi connectivity index (χ1n) is 9.65. The lowest BCUT2D eigenvalue weighted by molar-refractivity contribution is 0.256. The molecule has 1 aliphatic rings. The molecule has 2 aromatic carbocycles. The van der Waals surface area contributed by atoms with Gasteiger partial charge in [0.1, 0.15) is 0 Å². The predicted molar refractivity (Wildman–Crippen MR) is 107 cm³/mol. The van der Waals surface area contributed by atoms with Gasteiger partial charge in [-0.2, -0.15) is 0 Å². The third kappa shape index (κ3) is 4.20. The van der Waals surface area contributed by atoms with E-state index in [0.29, 0.717) is 6.04 Å². The first-order valence-corrected chi connectivity index (χ1v) is 9.65. The molecule has 1 atom stereocenters. The zero-order valence-corrected chi connectivity index (χ0v) is 15.2. The van der Waals surface area contributed by atoms with E-state index >= 15 is 0 Å². The fourth-order valence-electron chi connectivity index (χ4n) is 3.92. The van der Waals surface area contributed by atoms with E-state index in [1.54, 1.807) is 0 Å². The SMILES string of the molecule is c1ccc(CCN2CCC[C@H]2c2ccc(Cc3ccccc3)cn2)cc1. The van der Waals surface area contributed by atoms with Gasteiger partial charge in [0, 0.05) is 12.7 Å². The van der Waals surface area contributed by atoms with E-state index in [4.69, 9.17) is 4.98 Å². The quantitative estimate of drug-likeness (QED) is 0.623. The van der Waals surface area contributed by atoms with Gasteiger partial charge >= 0.3 is 0 Å². The topological polar surface area (TPSA) is 16.1 Å². The summed E-state index contributed by atoms with van der Waals surface area (Å²) in [7, 11) is 0. The number of aromatic nitrogens is 1. The van der Waals surface area contributed by atoms with Crippen LogP contribution in [0.2, 0.25) is 0 Å². The second-order valence-electron chi connectivity index (χ2n) is 7.18. The summed E-state index contributed by atoms with van der Waals surface area (Å²) in [5, 5.41) is 0. The van der Waals surface area contributed by atoms with E-state index in [2.05, 4.69) is 83.9 Å². The summed E-state index contributed by atoms with van der Waals surface area (Å²) in [4.78, 5) is 7.42. The van der Waals surface area contributed by atoms with Gasteiger partial charge in [-0.3, -0.25) is 9.88 Å². The second kappa shape index (κ2) is 8.29. The highest BCUT2D eigenvalue weighted by molar-refractivity contribution is 5.26. The van der Waals surface area contributed by atoms with E-state index in [1.807, 2.05) is 0 Å². The molecule has 0 N–H and O–H groups in total. The molecule has 2 heterocycles. The van der Waals surface area contributed by atoms with Gasteiger partial charge < -0.3 is 0 Å². The maximum atomic E-state index is 4.82. The maximum absolute atomic E-state index is 4.82. The van der Waals surface area contributed by atoms with Crippen molar-refractivity contribution >= 4 is 0 Å². The van der Waals surface area contributed by atoms with Crippen molar-refractivity contribution in [3.63, 3.8) is 0 Å². The van der Waals surface area contributed by atoms with Crippen LogP contribution in [0.5, 0.6) is 0 Å². The summed E-state index contributed by atoms with van der Waals surface area (Å²) in [5.74, 6) is 0. The summed E-state index contributed by atoms with van der Waals surface area (Å²) in [6, 6.07) is 26.4. The Bertz CT molecular complexity index is 797. The van der Waals surface area contributed by atoms with Gasteiger partial charge in [0.25, 0.3) is 0 Å². The maximum Gasteiger partial charge on any atom is 0.0575 e. The molecule has 26 heavy (non-hydrogen) atoms. The fraction of sp³-hybridized carbons (Fsp3) is 0.292. The molecule has 0 unspecified atom stereocenters. The van der Waals surface area contributed by atoms with Gasteiger partial charge in [-0.25, -0.2) is 0 Å². The Morgan fingerprint density at radius 1 is 0.808 bits per heavy atom. The smallest absolute Gasteiger partial charge is 0.0575 e. The summed E-state index contributed by atoms with van der Waals surface area (Å²) in [6.45, 7) is 2.30. The Labute approximate surface area is 156 Å². The molecule has 0 spiro atoms. The molecule has 0 aliphatic carbocycles. The van der Waals surface area contributed by atoms with Crippen LogP contribution in [0.4, 0.5) is 0 Å². The molecule has 132 valence electrons. The summed E-state index contributed by atoms with van der Waals surface area (Å²) < 4.78 is 0. The van der Waals surface area contributed by atoms with E-state index < -0.39 is 0 Å². The highest BCUT2D eigenvalue weighted by Gasteiger charge is 2.26. The van der Waals surface area contributed by atoms with Crippen LogP contribution in [0.15, 0.2) is 79.0 Å². The Morgan fingerprint density at radius 2 is 1.54 bits per heavy atom. The Kier molecular flexibility index (Phi) is 5.41. The normalized spacial score (nSPS) is 17.5. The van der Waals surface area contributed by atoms with Gasteiger partial charge in [0.2, 0.25) is 0 Å². The van der Waals surface area contributed by atoms with Gasteiger partial charge in [-0.05, 0) is 55.0 Å². The highest BCUT2D eigenvalue weighted by Crippen LogP contribution is 2.30.